The molecule has 4 heterocycles. The first-order valence-corrected chi connectivity index (χ1v) is 12.0. The van der Waals surface area contributed by atoms with Gasteiger partial charge >= 0.3 is 0 Å². The lowest BCUT2D eigenvalue weighted by Crippen LogP contribution is -2.49. The number of aromatic nitrogens is 3. The van der Waals surface area contributed by atoms with Crippen molar-refractivity contribution in [3.05, 3.63) is 76.6 Å². The highest BCUT2D eigenvalue weighted by Crippen LogP contribution is 2.45. The Morgan fingerprint density at radius 1 is 1.15 bits per heavy atom. The molecule has 34 heavy (non-hydrogen) atoms. The summed E-state index contributed by atoms with van der Waals surface area (Å²) in [6.45, 7) is 0. The molecule has 1 saturated heterocycles. The van der Waals surface area contributed by atoms with Crippen molar-refractivity contribution in [1.29, 1.82) is 0 Å². The number of rotatable bonds is 3. The standard InChI is InChI=1S/C27H25ClN4O2/c1-31-26(17-9-11-24(34-2)21(28)14-17)20-15-19-6-3-7-23(25(20)30-31)32(19)27(33)18-8-10-22-16(13-18)5-4-12-29-22/h4-5,8-14,19,23H,3,6-7,15H2,1-2H3/t19-,23+/m0/s1. The lowest BCUT2D eigenvalue weighted by Gasteiger charge is -2.45. The largest absolute Gasteiger partial charge is 0.495 e. The van der Waals surface area contributed by atoms with Gasteiger partial charge in [-0.2, -0.15) is 5.10 Å². The van der Waals surface area contributed by atoms with Crippen molar-refractivity contribution in [1.82, 2.24) is 19.7 Å². The molecule has 172 valence electrons. The molecular weight excluding hydrogens is 448 g/mol. The van der Waals surface area contributed by atoms with Gasteiger partial charge < -0.3 is 9.64 Å². The summed E-state index contributed by atoms with van der Waals surface area (Å²) in [7, 11) is 3.59. The van der Waals surface area contributed by atoms with Gasteiger partial charge in [-0.15, -0.1) is 0 Å². The van der Waals surface area contributed by atoms with Crippen molar-refractivity contribution >= 4 is 28.4 Å². The second kappa shape index (κ2) is 8.13. The second-order valence-corrected chi connectivity index (χ2v) is 9.52. The van der Waals surface area contributed by atoms with Crippen molar-refractivity contribution in [2.24, 2.45) is 7.05 Å². The molecule has 4 aromatic rings. The third kappa shape index (κ3) is 3.28. The van der Waals surface area contributed by atoms with Gasteiger partial charge in [-0.1, -0.05) is 17.7 Å². The van der Waals surface area contributed by atoms with Gasteiger partial charge in [-0.3, -0.25) is 14.5 Å². The van der Waals surface area contributed by atoms with Crippen LogP contribution in [-0.4, -0.2) is 38.7 Å². The molecule has 2 aromatic heterocycles. The lowest BCUT2D eigenvalue weighted by molar-refractivity contribution is 0.0392. The van der Waals surface area contributed by atoms with Gasteiger partial charge in [-0.25, -0.2) is 0 Å². The number of carbonyl (C=O) groups excluding carboxylic acids is 1. The second-order valence-electron chi connectivity index (χ2n) is 9.11. The van der Waals surface area contributed by atoms with Crippen molar-refractivity contribution in [2.45, 2.75) is 37.8 Å². The fourth-order valence-corrected chi connectivity index (χ4v) is 5.94. The predicted molar refractivity (Wildman–Crippen MR) is 132 cm³/mol. The summed E-state index contributed by atoms with van der Waals surface area (Å²) in [5.41, 5.74) is 5.93. The number of aryl methyl sites for hydroxylation is 1. The quantitative estimate of drug-likeness (QED) is 0.390. The molecule has 2 atom stereocenters. The number of fused-ring (bicyclic) bond motifs is 5. The SMILES string of the molecule is COc1ccc(-c2c3c(nn2C)[C@H]2CCC[C@@H](C3)N2C(=O)c2ccc3ncccc3c2)cc1Cl. The molecule has 2 aliphatic heterocycles. The molecule has 0 spiro atoms. The summed E-state index contributed by atoms with van der Waals surface area (Å²) in [6.07, 6.45) is 5.58. The number of nitrogens with zero attached hydrogens (tertiary/aromatic N) is 4. The van der Waals surface area contributed by atoms with Crippen LogP contribution in [0.2, 0.25) is 5.02 Å². The van der Waals surface area contributed by atoms with Gasteiger partial charge in [0.25, 0.3) is 5.91 Å². The highest BCUT2D eigenvalue weighted by molar-refractivity contribution is 6.32. The Labute approximate surface area is 203 Å². The summed E-state index contributed by atoms with van der Waals surface area (Å²) in [4.78, 5) is 20.3. The summed E-state index contributed by atoms with van der Waals surface area (Å²) in [6, 6.07) is 15.7. The number of hydrogen-bond acceptors (Lipinski definition) is 4. The summed E-state index contributed by atoms with van der Waals surface area (Å²) in [5, 5.41) is 6.49. The molecule has 0 radical (unpaired) electrons. The molecule has 2 bridgehead atoms. The Hall–Kier alpha value is -3.38. The average Bonchev–Trinajstić information content (AvgIpc) is 3.18. The van der Waals surface area contributed by atoms with Crippen LogP contribution in [0, 0.1) is 0 Å². The number of amides is 1. The highest BCUT2D eigenvalue weighted by Gasteiger charge is 2.43. The molecule has 2 aromatic carbocycles. The predicted octanol–water partition coefficient (Wildman–Crippen LogP) is 5.59. The van der Waals surface area contributed by atoms with Crippen LogP contribution in [0.5, 0.6) is 5.75 Å². The molecule has 0 unspecified atom stereocenters. The maximum absolute atomic E-state index is 13.8. The molecule has 1 fully saturated rings. The first-order valence-electron chi connectivity index (χ1n) is 11.6. The van der Waals surface area contributed by atoms with Crippen LogP contribution in [0.3, 0.4) is 0 Å². The average molecular weight is 473 g/mol. The zero-order chi connectivity index (χ0) is 23.4. The Morgan fingerprint density at radius 3 is 2.85 bits per heavy atom. The zero-order valence-electron chi connectivity index (χ0n) is 19.2. The van der Waals surface area contributed by atoms with Crippen molar-refractivity contribution in [3.8, 4) is 17.0 Å². The minimum Gasteiger partial charge on any atom is -0.495 e. The monoisotopic (exact) mass is 472 g/mol. The molecule has 1 amide bonds. The van der Waals surface area contributed by atoms with Gasteiger partial charge in [0.15, 0.2) is 0 Å². The smallest absolute Gasteiger partial charge is 0.254 e. The number of piperidine rings is 1. The Kier molecular flexibility index (Phi) is 5.06. The van der Waals surface area contributed by atoms with E-state index in [1.54, 1.807) is 13.3 Å². The summed E-state index contributed by atoms with van der Waals surface area (Å²) >= 11 is 6.44. The number of pyridine rings is 1. The number of halogens is 1. The fourth-order valence-electron chi connectivity index (χ4n) is 5.68. The van der Waals surface area contributed by atoms with E-state index in [4.69, 9.17) is 21.4 Å². The van der Waals surface area contributed by atoms with Gasteiger partial charge in [0.05, 0.1) is 35.1 Å². The van der Waals surface area contributed by atoms with Crippen molar-refractivity contribution in [2.75, 3.05) is 7.11 Å². The molecule has 0 N–H and O–H groups in total. The van der Waals surface area contributed by atoms with E-state index in [1.807, 2.05) is 60.3 Å². The van der Waals surface area contributed by atoms with Crippen molar-refractivity contribution in [3.63, 3.8) is 0 Å². The van der Waals surface area contributed by atoms with Crippen molar-refractivity contribution < 1.29 is 9.53 Å². The fraction of sp³-hybridized carbons (Fsp3) is 0.296. The van der Waals surface area contributed by atoms with Crippen LogP contribution >= 0.6 is 11.6 Å². The van der Waals surface area contributed by atoms with Crippen LogP contribution in [0.25, 0.3) is 22.2 Å². The number of benzene rings is 2. The van der Waals surface area contributed by atoms with Gasteiger partial charge in [0.1, 0.15) is 5.75 Å². The molecule has 2 aliphatic rings. The van der Waals surface area contributed by atoms with E-state index in [0.29, 0.717) is 16.3 Å². The minimum absolute atomic E-state index is 0.0201. The van der Waals surface area contributed by atoms with E-state index >= 15 is 0 Å². The van der Waals surface area contributed by atoms with Gasteiger partial charge in [-0.05, 0) is 68.1 Å². The molecule has 6 nitrogen and oxygen atoms in total. The molecule has 0 aliphatic carbocycles. The zero-order valence-corrected chi connectivity index (χ0v) is 19.9. The summed E-state index contributed by atoms with van der Waals surface area (Å²) < 4.78 is 7.27. The van der Waals surface area contributed by atoms with E-state index in [0.717, 1.165) is 53.5 Å². The third-order valence-corrected chi connectivity index (χ3v) is 7.48. The molecule has 6 rings (SSSR count). The van der Waals surface area contributed by atoms with Crippen LogP contribution < -0.4 is 4.74 Å². The van der Waals surface area contributed by atoms with Crippen LogP contribution in [0.1, 0.15) is 46.9 Å². The lowest BCUT2D eigenvalue weighted by atomic mass is 9.81. The van der Waals surface area contributed by atoms with E-state index in [2.05, 4.69) is 9.88 Å². The van der Waals surface area contributed by atoms with Crippen LogP contribution in [-0.2, 0) is 13.5 Å². The Bertz CT molecular complexity index is 1430. The molecule has 7 heteroatoms. The van der Waals surface area contributed by atoms with Gasteiger partial charge in [0.2, 0.25) is 0 Å². The Balaban J connectivity index is 1.40. The van der Waals surface area contributed by atoms with Gasteiger partial charge in [0, 0.05) is 41.4 Å². The maximum Gasteiger partial charge on any atom is 0.254 e. The Morgan fingerprint density at radius 2 is 2.03 bits per heavy atom. The number of methoxy groups -OCH3 is 1. The third-order valence-electron chi connectivity index (χ3n) is 7.19. The van der Waals surface area contributed by atoms with Crippen LogP contribution in [0.15, 0.2) is 54.7 Å². The minimum atomic E-state index is -0.0201. The number of ether oxygens (including phenoxy) is 1. The van der Waals surface area contributed by atoms with E-state index in [-0.39, 0.29) is 18.0 Å². The van der Waals surface area contributed by atoms with E-state index in [1.165, 1.54) is 5.56 Å². The highest BCUT2D eigenvalue weighted by atomic mass is 35.5. The first-order chi connectivity index (χ1) is 16.5. The topological polar surface area (TPSA) is 60.2 Å². The molecule has 0 saturated carbocycles. The normalized spacial score (nSPS) is 19.2. The molecular formula is C27H25ClN4O2. The van der Waals surface area contributed by atoms with Crippen LogP contribution in [0.4, 0.5) is 0 Å². The first kappa shape index (κ1) is 21.2. The summed E-state index contributed by atoms with van der Waals surface area (Å²) in [5.74, 6) is 0.728. The number of carbonyl (C=O) groups is 1. The van der Waals surface area contributed by atoms with E-state index in [9.17, 15) is 4.79 Å². The number of hydrogen-bond donors (Lipinski definition) is 0. The maximum atomic E-state index is 13.8. The van der Waals surface area contributed by atoms with E-state index < -0.39 is 0 Å².